The van der Waals surface area contributed by atoms with Gasteiger partial charge in [0.05, 0.1) is 0 Å². The van der Waals surface area contributed by atoms with Crippen LogP contribution in [0.5, 0.6) is 0 Å². The number of nitrogens with zero attached hydrogens (tertiary/aromatic N) is 1. The van der Waals surface area contributed by atoms with Gasteiger partial charge in [-0.15, -0.1) is 0 Å². The van der Waals surface area contributed by atoms with Crippen LogP contribution in [-0.2, 0) is 13.0 Å². The smallest absolute Gasteiger partial charge is 0.171 e. The van der Waals surface area contributed by atoms with E-state index in [0.29, 0.717) is 0 Å². The van der Waals surface area contributed by atoms with Gasteiger partial charge in [-0.1, -0.05) is 97.3 Å². The number of hydrogen-bond donors (Lipinski definition) is 0. The van der Waals surface area contributed by atoms with Gasteiger partial charge in [0.15, 0.2) is 12.4 Å². The predicted octanol–water partition coefficient (Wildman–Crippen LogP) is 7.80. The van der Waals surface area contributed by atoms with E-state index in [-0.39, 0.29) is 0 Å². The summed E-state index contributed by atoms with van der Waals surface area (Å²) in [6.45, 7) is 5.78. The number of pyridine rings is 1. The Hall–Kier alpha value is -0.850. The van der Waals surface area contributed by atoms with Crippen molar-refractivity contribution >= 4 is 0 Å². The van der Waals surface area contributed by atoms with Crippen molar-refractivity contribution in [1.82, 2.24) is 0 Å². The van der Waals surface area contributed by atoms with E-state index in [1.54, 1.807) is 0 Å². The first-order valence-corrected chi connectivity index (χ1v) is 11.8. The Balaban J connectivity index is 1.99. The fraction of sp³-hybridized carbons (Fsp3) is 0.800. The number of aryl methyl sites for hydroxylation is 2. The van der Waals surface area contributed by atoms with Gasteiger partial charge in [-0.25, -0.2) is 4.57 Å². The molecular weight excluding hydrogens is 314 g/mol. The largest absolute Gasteiger partial charge is 0.205 e. The van der Waals surface area contributed by atoms with Gasteiger partial charge in [-0.05, 0) is 25.3 Å². The normalized spacial score (nSPS) is 11.2. The minimum absolute atomic E-state index is 1.20. The maximum atomic E-state index is 2.41. The van der Waals surface area contributed by atoms with Crippen LogP contribution in [0, 0.1) is 0 Å². The van der Waals surface area contributed by atoms with Crippen LogP contribution in [0.1, 0.15) is 122 Å². The Morgan fingerprint density at radius 1 is 0.615 bits per heavy atom. The lowest BCUT2D eigenvalue weighted by Crippen LogP contribution is -2.33. The number of hydrogen-bond acceptors (Lipinski definition) is 0. The quantitative estimate of drug-likeness (QED) is 0.186. The zero-order valence-electron chi connectivity index (χ0n) is 18.0. The number of aromatic nitrogens is 1. The van der Waals surface area contributed by atoms with Crippen LogP contribution in [0.15, 0.2) is 24.5 Å². The molecule has 1 nitrogen and oxygen atoms in total. The van der Waals surface area contributed by atoms with Crippen molar-refractivity contribution in [2.24, 2.45) is 0 Å². The van der Waals surface area contributed by atoms with Crippen LogP contribution in [0.3, 0.4) is 0 Å². The monoisotopic (exact) mass is 360 g/mol. The van der Waals surface area contributed by atoms with Gasteiger partial charge in [0.2, 0.25) is 0 Å². The molecule has 0 radical (unpaired) electrons. The second-order valence-corrected chi connectivity index (χ2v) is 8.15. The van der Waals surface area contributed by atoms with Crippen molar-refractivity contribution in [3.63, 3.8) is 0 Å². The molecule has 26 heavy (non-hydrogen) atoms. The fourth-order valence-electron chi connectivity index (χ4n) is 3.75. The van der Waals surface area contributed by atoms with Gasteiger partial charge < -0.3 is 0 Å². The van der Waals surface area contributed by atoms with E-state index in [9.17, 15) is 0 Å². The van der Waals surface area contributed by atoms with Crippen molar-refractivity contribution < 1.29 is 4.57 Å². The average molecular weight is 361 g/mol. The van der Waals surface area contributed by atoms with Crippen LogP contribution in [0.4, 0.5) is 0 Å². The molecule has 0 saturated carbocycles. The molecule has 0 aromatic carbocycles. The minimum atomic E-state index is 1.20. The van der Waals surface area contributed by atoms with E-state index in [4.69, 9.17) is 0 Å². The SMILES string of the molecule is CCCCCCCCCCCCC[n+]1cccc(CCCCCCC)c1. The average Bonchev–Trinajstić information content (AvgIpc) is 2.66. The summed E-state index contributed by atoms with van der Waals surface area (Å²) >= 11 is 0. The highest BCUT2D eigenvalue weighted by Crippen LogP contribution is 2.11. The van der Waals surface area contributed by atoms with E-state index in [1.807, 2.05) is 0 Å². The Morgan fingerprint density at radius 2 is 1.12 bits per heavy atom. The minimum Gasteiger partial charge on any atom is -0.205 e. The van der Waals surface area contributed by atoms with Crippen LogP contribution < -0.4 is 4.57 Å². The van der Waals surface area contributed by atoms with Crippen LogP contribution in [-0.4, -0.2) is 0 Å². The molecule has 0 amide bonds. The zero-order valence-corrected chi connectivity index (χ0v) is 18.0. The molecule has 0 unspecified atom stereocenters. The van der Waals surface area contributed by atoms with Crippen molar-refractivity contribution in [3.8, 4) is 0 Å². The second-order valence-electron chi connectivity index (χ2n) is 8.15. The Bertz CT molecular complexity index is 412. The molecule has 1 heterocycles. The molecule has 1 aromatic heterocycles. The maximum absolute atomic E-state index is 2.41. The van der Waals surface area contributed by atoms with E-state index >= 15 is 0 Å². The van der Waals surface area contributed by atoms with Crippen LogP contribution >= 0.6 is 0 Å². The highest BCUT2D eigenvalue weighted by molar-refractivity contribution is 5.05. The van der Waals surface area contributed by atoms with Gasteiger partial charge in [0, 0.05) is 18.1 Å². The predicted molar refractivity (Wildman–Crippen MR) is 116 cm³/mol. The molecule has 0 atom stereocenters. The topological polar surface area (TPSA) is 3.88 Å². The number of rotatable bonds is 18. The molecule has 0 aliphatic heterocycles. The standard InChI is InChI=1S/C25H46N/c1-3-5-7-9-10-11-12-13-14-16-18-22-26-23-19-21-25(24-26)20-17-15-8-6-4-2/h19,21,23-24H,3-18,20,22H2,1-2H3/q+1. The summed E-state index contributed by atoms with van der Waals surface area (Å²) in [7, 11) is 0. The highest BCUT2D eigenvalue weighted by Gasteiger charge is 2.03. The Morgan fingerprint density at radius 3 is 1.69 bits per heavy atom. The molecule has 1 heteroatoms. The molecule has 0 aliphatic carbocycles. The molecule has 0 saturated heterocycles. The molecule has 0 fully saturated rings. The molecule has 150 valence electrons. The van der Waals surface area contributed by atoms with Crippen LogP contribution in [0.2, 0.25) is 0 Å². The van der Waals surface area contributed by atoms with E-state index < -0.39 is 0 Å². The summed E-state index contributed by atoms with van der Waals surface area (Å²) < 4.78 is 2.41. The Kier molecular flexibility index (Phi) is 15.7. The lowest BCUT2D eigenvalue weighted by atomic mass is 10.1. The summed E-state index contributed by atoms with van der Waals surface area (Å²) in [5.74, 6) is 0. The summed E-state index contributed by atoms with van der Waals surface area (Å²) in [6, 6.07) is 4.54. The lowest BCUT2D eigenvalue weighted by molar-refractivity contribution is -0.697. The third kappa shape index (κ3) is 13.4. The summed E-state index contributed by atoms with van der Waals surface area (Å²) in [6.07, 6.45) is 28.4. The third-order valence-electron chi connectivity index (χ3n) is 5.51. The zero-order chi connectivity index (χ0) is 18.7. The van der Waals surface area contributed by atoms with Gasteiger partial charge in [-0.2, -0.15) is 0 Å². The van der Waals surface area contributed by atoms with Crippen molar-refractivity contribution in [2.45, 2.75) is 130 Å². The van der Waals surface area contributed by atoms with E-state index in [0.717, 1.165) is 0 Å². The summed E-state index contributed by atoms with van der Waals surface area (Å²) in [4.78, 5) is 0. The Labute approximate surface area is 164 Å². The first-order valence-electron chi connectivity index (χ1n) is 11.8. The molecule has 0 bridgehead atoms. The maximum Gasteiger partial charge on any atom is 0.171 e. The van der Waals surface area contributed by atoms with Crippen LogP contribution in [0.25, 0.3) is 0 Å². The van der Waals surface area contributed by atoms with Gasteiger partial charge >= 0.3 is 0 Å². The third-order valence-corrected chi connectivity index (χ3v) is 5.51. The lowest BCUT2D eigenvalue weighted by Gasteiger charge is -2.03. The first kappa shape index (κ1) is 23.2. The molecule has 1 rings (SSSR count). The summed E-state index contributed by atoms with van der Waals surface area (Å²) in [5, 5.41) is 0. The van der Waals surface area contributed by atoms with Gasteiger partial charge in [0.25, 0.3) is 0 Å². The molecule has 0 N–H and O–H groups in total. The molecule has 0 spiro atoms. The number of unbranched alkanes of at least 4 members (excludes halogenated alkanes) is 14. The van der Waals surface area contributed by atoms with Gasteiger partial charge in [-0.3, -0.25) is 0 Å². The van der Waals surface area contributed by atoms with Crippen molar-refractivity contribution in [3.05, 3.63) is 30.1 Å². The second kappa shape index (κ2) is 17.6. The van der Waals surface area contributed by atoms with E-state index in [2.05, 4.69) is 42.9 Å². The van der Waals surface area contributed by atoms with E-state index in [1.165, 1.54) is 121 Å². The first-order chi connectivity index (χ1) is 12.9. The molecule has 1 aromatic rings. The van der Waals surface area contributed by atoms with Crippen molar-refractivity contribution in [2.75, 3.05) is 0 Å². The molecule has 0 aliphatic rings. The van der Waals surface area contributed by atoms with Crippen molar-refractivity contribution in [1.29, 1.82) is 0 Å². The highest BCUT2D eigenvalue weighted by atomic mass is 14.9. The van der Waals surface area contributed by atoms with Gasteiger partial charge in [0.1, 0.15) is 6.54 Å². The molecular formula is C25H46N+. The fourth-order valence-corrected chi connectivity index (χ4v) is 3.75. The summed E-state index contributed by atoms with van der Waals surface area (Å²) in [5.41, 5.74) is 1.52.